The molecule has 0 bridgehead atoms. The summed E-state index contributed by atoms with van der Waals surface area (Å²) in [6.45, 7) is 3.30. The first kappa shape index (κ1) is 17.0. The highest BCUT2D eigenvalue weighted by atomic mass is 16.6. The summed E-state index contributed by atoms with van der Waals surface area (Å²) in [7, 11) is 0. The minimum Gasteiger partial charge on any atom is -0.319 e. The zero-order valence-corrected chi connectivity index (χ0v) is 13.9. The van der Waals surface area contributed by atoms with Crippen LogP contribution < -0.4 is 5.32 Å². The Bertz CT molecular complexity index is 748. The smallest absolute Gasteiger partial charge is 0.292 e. The summed E-state index contributed by atoms with van der Waals surface area (Å²) in [4.78, 5) is 29.2. The molecule has 2 aromatic rings. The number of nitro groups is 1. The molecular formula is C16H20N6O3. The van der Waals surface area contributed by atoms with Crippen LogP contribution in [0.3, 0.4) is 0 Å². The lowest BCUT2D eigenvalue weighted by Crippen LogP contribution is -2.47. The van der Waals surface area contributed by atoms with Crippen LogP contribution in [0, 0.1) is 10.1 Å². The molecule has 0 aliphatic carbocycles. The van der Waals surface area contributed by atoms with Crippen LogP contribution in [0.2, 0.25) is 0 Å². The molecule has 132 valence electrons. The number of nitrogens with zero attached hydrogens (tertiary/aromatic N) is 5. The van der Waals surface area contributed by atoms with Crippen molar-refractivity contribution in [3.8, 4) is 0 Å². The maximum Gasteiger partial charge on any atom is 0.292 e. The molecule has 1 aromatic carbocycles. The summed E-state index contributed by atoms with van der Waals surface area (Å²) >= 11 is 0. The second kappa shape index (κ2) is 7.39. The van der Waals surface area contributed by atoms with Gasteiger partial charge in [0.05, 0.1) is 17.0 Å². The number of aromatic nitrogens is 3. The van der Waals surface area contributed by atoms with Gasteiger partial charge in [-0.25, -0.2) is 9.67 Å². The summed E-state index contributed by atoms with van der Waals surface area (Å²) in [5, 5.41) is 17.9. The van der Waals surface area contributed by atoms with Crippen molar-refractivity contribution in [1.29, 1.82) is 0 Å². The zero-order valence-electron chi connectivity index (χ0n) is 13.9. The number of hydrogen-bond acceptors (Lipinski definition) is 6. The molecule has 9 heteroatoms. The molecule has 1 aliphatic heterocycles. The molecule has 0 saturated carbocycles. The molecule has 3 rings (SSSR count). The summed E-state index contributed by atoms with van der Waals surface area (Å²) in [5.41, 5.74) is 0.108. The first-order valence-electron chi connectivity index (χ1n) is 8.18. The molecule has 0 spiro atoms. The van der Waals surface area contributed by atoms with Crippen LogP contribution in [0.25, 0.3) is 0 Å². The average Bonchev–Trinajstić information content (AvgIpc) is 3.16. The number of piperidine rings is 1. The van der Waals surface area contributed by atoms with E-state index in [1.54, 1.807) is 18.5 Å². The largest absolute Gasteiger partial charge is 0.319 e. The number of nitro benzene ring substituents is 1. The Labute approximate surface area is 144 Å². The van der Waals surface area contributed by atoms with E-state index in [0.717, 1.165) is 19.4 Å². The summed E-state index contributed by atoms with van der Waals surface area (Å²) in [6, 6.07) is 5.93. The summed E-state index contributed by atoms with van der Waals surface area (Å²) in [6.07, 6.45) is 5.13. The van der Waals surface area contributed by atoms with Crippen molar-refractivity contribution in [3.63, 3.8) is 0 Å². The molecule has 9 nitrogen and oxygen atoms in total. The third-order valence-corrected chi connectivity index (χ3v) is 4.52. The van der Waals surface area contributed by atoms with Gasteiger partial charge in [-0.3, -0.25) is 19.8 Å². The number of carbonyl (C=O) groups is 1. The van der Waals surface area contributed by atoms with Gasteiger partial charge in [-0.1, -0.05) is 12.1 Å². The van der Waals surface area contributed by atoms with Gasteiger partial charge >= 0.3 is 0 Å². The first-order chi connectivity index (χ1) is 12.1. The lowest BCUT2D eigenvalue weighted by atomic mass is 10.0. The van der Waals surface area contributed by atoms with Crippen molar-refractivity contribution in [1.82, 2.24) is 19.7 Å². The maximum absolute atomic E-state index is 12.6. The summed E-state index contributed by atoms with van der Waals surface area (Å²) in [5.74, 6) is -0.256. The molecular weight excluding hydrogens is 324 g/mol. The second-order valence-electron chi connectivity index (χ2n) is 6.11. The second-order valence-corrected chi connectivity index (χ2v) is 6.11. The van der Waals surface area contributed by atoms with Crippen molar-refractivity contribution in [2.24, 2.45) is 0 Å². The van der Waals surface area contributed by atoms with Crippen molar-refractivity contribution in [2.45, 2.75) is 31.8 Å². The van der Waals surface area contributed by atoms with Crippen LogP contribution in [0.15, 0.2) is 36.9 Å². The molecule has 2 heterocycles. The lowest BCUT2D eigenvalue weighted by molar-refractivity contribution is -0.383. The molecule has 2 atom stereocenters. The summed E-state index contributed by atoms with van der Waals surface area (Å²) < 4.78 is 1.82. The molecule has 1 N–H and O–H groups in total. The standard InChI is InChI=1S/C16H20N6O3/c1-12(16(23)19-14-6-2-3-7-15(14)22(24)25)20-8-4-5-13(9-20)21-11-17-10-18-21/h2-3,6-7,10-13H,4-5,8-9H2,1H3,(H,19,23). The van der Waals surface area contributed by atoms with Crippen LogP contribution in [0.1, 0.15) is 25.8 Å². The highest BCUT2D eigenvalue weighted by Crippen LogP contribution is 2.25. The molecule has 1 aliphatic rings. The van der Waals surface area contributed by atoms with E-state index in [-0.39, 0.29) is 23.3 Å². The van der Waals surface area contributed by atoms with Gasteiger partial charge in [-0.2, -0.15) is 5.10 Å². The highest BCUT2D eigenvalue weighted by molar-refractivity contribution is 5.96. The van der Waals surface area contributed by atoms with E-state index in [0.29, 0.717) is 6.54 Å². The molecule has 1 saturated heterocycles. The number of para-hydroxylation sites is 2. The van der Waals surface area contributed by atoms with Crippen molar-refractivity contribution in [3.05, 3.63) is 47.0 Å². The number of rotatable bonds is 5. The monoisotopic (exact) mass is 344 g/mol. The molecule has 0 radical (unpaired) electrons. The molecule has 25 heavy (non-hydrogen) atoms. The van der Waals surface area contributed by atoms with Gasteiger partial charge in [0.2, 0.25) is 5.91 Å². The van der Waals surface area contributed by atoms with E-state index in [2.05, 4.69) is 20.3 Å². The van der Waals surface area contributed by atoms with Crippen molar-refractivity contribution < 1.29 is 9.72 Å². The minimum atomic E-state index is -0.498. The van der Waals surface area contributed by atoms with Gasteiger partial charge < -0.3 is 5.32 Å². The first-order valence-corrected chi connectivity index (χ1v) is 8.18. The normalized spacial score (nSPS) is 19.3. The van der Waals surface area contributed by atoms with E-state index in [4.69, 9.17) is 0 Å². The van der Waals surface area contributed by atoms with Crippen LogP contribution in [-0.4, -0.2) is 49.6 Å². The van der Waals surface area contributed by atoms with Gasteiger partial charge in [-0.05, 0) is 32.4 Å². The minimum absolute atomic E-state index is 0.109. The van der Waals surface area contributed by atoms with E-state index < -0.39 is 11.0 Å². The van der Waals surface area contributed by atoms with Crippen LogP contribution in [0.5, 0.6) is 0 Å². The lowest BCUT2D eigenvalue weighted by Gasteiger charge is -2.35. The fourth-order valence-corrected chi connectivity index (χ4v) is 3.10. The van der Waals surface area contributed by atoms with E-state index in [1.165, 1.54) is 18.5 Å². The number of benzene rings is 1. The van der Waals surface area contributed by atoms with Crippen LogP contribution in [-0.2, 0) is 4.79 Å². The van der Waals surface area contributed by atoms with Gasteiger partial charge in [0.15, 0.2) is 0 Å². The predicted octanol–water partition coefficient (Wildman–Crippen LogP) is 1.85. The van der Waals surface area contributed by atoms with E-state index in [1.807, 2.05) is 11.6 Å². The number of hydrogen-bond donors (Lipinski definition) is 1. The van der Waals surface area contributed by atoms with Crippen LogP contribution in [0.4, 0.5) is 11.4 Å². The fraction of sp³-hybridized carbons (Fsp3) is 0.438. The van der Waals surface area contributed by atoms with Gasteiger partial charge in [-0.15, -0.1) is 0 Å². The van der Waals surface area contributed by atoms with E-state index in [9.17, 15) is 14.9 Å². The Balaban J connectivity index is 1.67. The molecule has 2 unspecified atom stereocenters. The Morgan fingerprint density at radius 3 is 2.96 bits per heavy atom. The number of anilines is 1. The number of likely N-dealkylation sites (tertiary alicyclic amines) is 1. The number of nitrogens with one attached hydrogen (secondary N) is 1. The maximum atomic E-state index is 12.6. The number of amides is 1. The van der Waals surface area contributed by atoms with Gasteiger partial charge in [0.1, 0.15) is 18.3 Å². The third kappa shape index (κ3) is 3.82. The Morgan fingerprint density at radius 2 is 2.24 bits per heavy atom. The van der Waals surface area contributed by atoms with Crippen LogP contribution >= 0.6 is 0 Å². The zero-order chi connectivity index (χ0) is 17.8. The predicted molar refractivity (Wildman–Crippen MR) is 91.1 cm³/mol. The molecule has 1 fully saturated rings. The van der Waals surface area contributed by atoms with Crippen molar-refractivity contribution in [2.75, 3.05) is 18.4 Å². The topological polar surface area (TPSA) is 106 Å². The quantitative estimate of drug-likeness (QED) is 0.655. The van der Waals surface area contributed by atoms with E-state index >= 15 is 0 Å². The average molecular weight is 344 g/mol. The Hall–Kier alpha value is -2.81. The highest BCUT2D eigenvalue weighted by Gasteiger charge is 2.29. The van der Waals surface area contributed by atoms with Gasteiger partial charge in [0.25, 0.3) is 5.69 Å². The molecule has 1 amide bonds. The Morgan fingerprint density at radius 1 is 1.44 bits per heavy atom. The van der Waals surface area contributed by atoms with Gasteiger partial charge in [0, 0.05) is 12.6 Å². The fourth-order valence-electron chi connectivity index (χ4n) is 3.10. The third-order valence-electron chi connectivity index (χ3n) is 4.52. The van der Waals surface area contributed by atoms with Crippen molar-refractivity contribution >= 4 is 17.3 Å². The number of carbonyl (C=O) groups excluding carboxylic acids is 1. The SMILES string of the molecule is CC(C(=O)Nc1ccccc1[N+](=O)[O-])N1CCCC(n2cncn2)C1. The molecule has 1 aromatic heterocycles. The Kier molecular flexibility index (Phi) is 5.03.